The number of ether oxygens (including phenoxy) is 1. The van der Waals surface area contributed by atoms with E-state index in [4.69, 9.17) is 4.74 Å². The van der Waals surface area contributed by atoms with Crippen molar-refractivity contribution in [1.82, 2.24) is 9.80 Å². The molecule has 1 aromatic carbocycles. The fourth-order valence-electron chi connectivity index (χ4n) is 3.18. The van der Waals surface area contributed by atoms with Crippen molar-refractivity contribution in [2.24, 2.45) is 0 Å². The Hall–Kier alpha value is -1.39. The monoisotopic (exact) mass is 319 g/mol. The van der Waals surface area contributed by atoms with E-state index >= 15 is 0 Å². The van der Waals surface area contributed by atoms with Gasteiger partial charge in [0.05, 0.1) is 21.1 Å². The highest BCUT2D eigenvalue weighted by atomic mass is 16.5. The van der Waals surface area contributed by atoms with Gasteiger partial charge in [-0.3, -0.25) is 4.48 Å². The molecule has 23 heavy (non-hydrogen) atoms. The molecule has 0 saturated carbocycles. The number of esters is 1. The first-order valence-electron chi connectivity index (χ1n) is 8.61. The summed E-state index contributed by atoms with van der Waals surface area (Å²) in [5, 5.41) is 3.26. The van der Waals surface area contributed by atoms with E-state index in [0.29, 0.717) is 11.7 Å². The van der Waals surface area contributed by atoms with E-state index in [2.05, 4.69) is 53.3 Å². The Kier molecular flexibility index (Phi) is 5.48. The van der Waals surface area contributed by atoms with Crippen LogP contribution in [0.25, 0.3) is 0 Å². The van der Waals surface area contributed by atoms with Crippen molar-refractivity contribution in [3.8, 4) is 5.75 Å². The Balaban J connectivity index is 2.30. The number of hydrogen-bond donors (Lipinski definition) is 1. The normalized spacial score (nSPS) is 19.0. The third-order valence-electron chi connectivity index (χ3n) is 4.48. The van der Waals surface area contributed by atoms with E-state index < -0.39 is 0 Å². The van der Waals surface area contributed by atoms with Crippen LogP contribution in [0.2, 0.25) is 0 Å². The minimum atomic E-state index is -0.165. The molecular weight excluding hydrogens is 288 g/mol. The second-order valence-electron chi connectivity index (χ2n) is 7.77. The molecule has 0 amide bonds. The average Bonchev–Trinajstić information content (AvgIpc) is 2.46. The van der Waals surface area contributed by atoms with Crippen LogP contribution >= 0.6 is 0 Å². The maximum atomic E-state index is 12.4. The van der Waals surface area contributed by atoms with E-state index in [1.807, 2.05) is 6.07 Å². The topological polar surface area (TPSA) is 38.3 Å². The van der Waals surface area contributed by atoms with Gasteiger partial charge in [0.1, 0.15) is 17.5 Å². The summed E-state index contributed by atoms with van der Waals surface area (Å²) in [7, 11) is 6.47. The average molecular weight is 319 g/mol. The minimum absolute atomic E-state index is 0.149. The van der Waals surface area contributed by atoms with Crippen molar-refractivity contribution < 1.29 is 9.53 Å². The van der Waals surface area contributed by atoms with Crippen LogP contribution in [0.1, 0.15) is 50.2 Å². The summed E-state index contributed by atoms with van der Waals surface area (Å²) in [6.07, 6.45) is 3.09. The first kappa shape index (κ1) is 18.0. The van der Waals surface area contributed by atoms with E-state index in [1.54, 1.807) is 0 Å². The van der Waals surface area contributed by atoms with Gasteiger partial charge in [-0.1, -0.05) is 20.3 Å². The minimum Gasteiger partial charge on any atom is -0.425 e. The Labute approximate surface area is 140 Å². The zero-order valence-corrected chi connectivity index (χ0v) is 15.4. The predicted octanol–water partition coefficient (Wildman–Crippen LogP) is 3.36. The van der Waals surface area contributed by atoms with Crippen molar-refractivity contribution >= 4 is 11.7 Å². The number of benzene rings is 1. The summed E-state index contributed by atoms with van der Waals surface area (Å²) in [5.74, 6) is 0.874. The van der Waals surface area contributed by atoms with Gasteiger partial charge in [-0.2, -0.15) is 0 Å². The smallest absolute Gasteiger partial charge is 0.328 e. The summed E-state index contributed by atoms with van der Waals surface area (Å²) in [6, 6.07) is 4.05. The number of carbonyl (C=O) groups is 1. The maximum Gasteiger partial charge on any atom is 0.328 e. The van der Waals surface area contributed by atoms with Gasteiger partial charge in [0.2, 0.25) is 0 Å². The lowest BCUT2D eigenvalue weighted by molar-refractivity contribution is -0.137. The summed E-state index contributed by atoms with van der Waals surface area (Å²) < 4.78 is 6.54. The lowest BCUT2D eigenvalue weighted by Gasteiger charge is -2.28. The van der Waals surface area contributed by atoms with E-state index in [-0.39, 0.29) is 12.0 Å². The van der Waals surface area contributed by atoms with Crippen LogP contribution in [-0.2, 0) is 4.79 Å². The SMILES string of the molecule is Cc1cc(OC(=O)C2CCCCN2)c(C(C)C)cc1[N+](C)(C)C. The molecule has 1 N–H and O–H groups in total. The highest BCUT2D eigenvalue weighted by Gasteiger charge is 2.26. The highest BCUT2D eigenvalue weighted by Crippen LogP contribution is 2.35. The zero-order valence-electron chi connectivity index (χ0n) is 15.4. The van der Waals surface area contributed by atoms with Crippen LogP contribution in [0.4, 0.5) is 5.69 Å². The molecule has 1 saturated heterocycles. The van der Waals surface area contributed by atoms with Crippen LogP contribution in [0, 0.1) is 6.92 Å². The number of quaternary nitrogens is 1. The Morgan fingerprint density at radius 1 is 1.26 bits per heavy atom. The molecule has 1 aliphatic heterocycles. The molecule has 1 aliphatic rings. The third-order valence-corrected chi connectivity index (χ3v) is 4.48. The molecule has 4 heteroatoms. The Morgan fingerprint density at radius 2 is 1.96 bits per heavy atom. The number of rotatable bonds is 4. The van der Waals surface area contributed by atoms with Crippen molar-refractivity contribution in [2.75, 3.05) is 27.7 Å². The molecule has 1 fully saturated rings. The summed E-state index contributed by atoms with van der Waals surface area (Å²) >= 11 is 0. The second-order valence-corrected chi connectivity index (χ2v) is 7.77. The van der Waals surface area contributed by atoms with Crippen LogP contribution in [0.15, 0.2) is 12.1 Å². The number of aryl methyl sites for hydroxylation is 1. The largest absolute Gasteiger partial charge is 0.425 e. The summed E-state index contributed by atoms with van der Waals surface area (Å²) in [4.78, 5) is 12.4. The second kappa shape index (κ2) is 7.02. The van der Waals surface area contributed by atoms with Gasteiger partial charge in [0, 0.05) is 17.2 Å². The number of hydrogen-bond acceptors (Lipinski definition) is 3. The zero-order chi connectivity index (χ0) is 17.2. The quantitative estimate of drug-likeness (QED) is 0.525. The van der Waals surface area contributed by atoms with Crippen molar-refractivity contribution in [3.63, 3.8) is 0 Å². The molecule has 0 aliphatic carbocycles. The molecular formula is C19H31N2O2+. The molecule has 1 atom stereocenters. The molecule has 1 unspecified atom stereocenters. The number of nitrogens with one attached hydrogen (secondary N) is 1. The standard InChI is InChI=1S/C19H31N2O2/c1-13(2)15-12-17(21(4,5)6)14(3)11-18(15)23-19(22)16-9-7-8-10-20-16/h11-13,16,20H,7-10H2,1-6H3/q+1. The van der Waals surface area contributed by atoms with E-state index in [9.17, 15) is 4.79 Å². The Morgan fingerprint density at radius 3 is 2.48 bits per heavy atom. The lowest BCUT2D eigenvalue weighted by atomic mass is 9.98. The molecule has 1 heterocycles. The molecule has 0 bridgehead atoms. The van der Waals surface area contributed by atoms with Gasteiger partial charge < -0.3 is 10.1 Å². The van der Waals surface area contributed by atoms with Crippen LogP contribution in [0.5, 0.6) is 5.75 Å². The first-order valence-corrected chi connectivity index (χ1v) is 8.61. The molecule has 0 radical (unpaired) electrons. The molecule has 0 aromatic heterocycles. The fourth-order valence-corrected chi connectivity index (χ4v) is 3.18. The molecule has 0 spiro atoms. The molecule has 1 aromatic rings. The van der Waals surface area contributed by atoms with E-state index in [1.165, 1.54) is 5.69 Å². The van der Waals surface area contributed by atoms with Crippen LogP contribution in [0.3, 0.4) is 0 Å². The van der Waals surface area contributed by atoms with Crippen LogP contribution < -0.4 is 14.5 Å². The van der Waals surface area contributed by atoms with Crippen molar-refractivity contribution in [1.29, 1.82) is 0 Å². The highest BCUT2D eigenvalue weighted by molar-refractivity contribution is 5.79. The van der Waals surface area contributed by atoms with Gasteiger partial charge in [-0.05, 0) is 38.3 Å². The predicted molar refractivity (Wildman–Crippen MR) is 96.1 cm³/mol. The van der Waals surface area contributed by atoms with Gasteiger partial charge in [0.15, 0.2) is 0 Å². The van der Waals surface area contributed by atoms with Gasteiger partial charge in [-0.15, -0.1) is 0 Å². The van der Waals surface area contributed by atoms with Gasteiger partial charge >= 0.3 is 5.97 Å². The first-order chi connectivity index (χ1) is 10.7. The van der Waals surface area contributed by atoms with E-state index in [0.717, 1.165) is 41.4 Å². The number of nitrogens with zero attached hydrogens (tertiary/aromatic N) is 1. The molecule has 128 valence electrons. The number of carbonyl (C=O) groups excluding carboxylic acids is 1. The van der Waals surface area contributed by atoms with Gasteiger partial charge in [0.25, 0.3) is 0 Å². The van der Waals surface area contributed by atoms with Crippen molar-refractivity contribution in [2.45, 2.75) is 52.0 Å². The van der Waals surface area contributed by atoms with Crippen LogP contribution in [-0.4, -0.2) is 39.7 Å². The van der Waals surface area contributed by atoms with Crippen molar-refractivity contribution in [3.05, 3.63) is 23.3 Å². The fraction of sp³-hybridized carbons (Fsp3) is 0.632. The Bertz CT molecular complexity index is 567. The lowest BCUT2D eigenvalue weighted by Crippen LogP contribution is -2.42. The molecule has 4 nitrogen and oxygen atoms in total. The third kappa shape index (κ3) is 4.33. The summed E-state index contributed by atoms with van der Waals surface area (Å²) in [6.45, 7) is 7.26. The maximum absolute atomic E-state index is 12.4. The number of piperidine rings is 1. The van der Waals surface area contributed by atoms with Gasteiger partial charge in [-0.25, -0.2) is 4.79 Å². The molecule has 2 rings (SSSR count). The summed E-state index contributed by atoms with van der Waals surface area (Å²) in [5.41, 5.74) is 3.51.